The highest BCUT2D eigenvalue weighted by molar-refractivity contribution is 5.21. The van der Waals surface area contributed by atoms with E-state index in [9.17, 15) is 0 Å². The first-order valence-corrected chi connectivity index (χ1v) is 19.4. The minimum absolute atomic E-state index is 0.359. The minimum Gasteiger partial charge on any atom is -0.378 e. The van der Waals surface area contributed by atoms with E-state index < -0.39 is 0 Å². The summed E-state index contributed by atoms with van der Waals surface area (Å²) in [5.74, 6) is 2.27. The van der Waals surface area contributed by atoms with Crippen LogP contribution in [0.15, 0.2) is 70.4 Å². The second-order valence-corrected chi connectivity index (χ2v) is 17.9. The molecule has 6 aliphatic rings. The van der Waals surface area contributed by atoms with Crippen molar-refractivity contribution in [3.63, 3.8) is 0 Å². The van der Waals surface area contributed by atoms with Gasteiger partial charge in [0.1, 0.15) is 0 Å². The highest BCUT2D eigenvalue weighted by Crippen LogP contribution is 2.48. The largest absolute Gasteiger partial charge is 0.378 e. The van der Waals surface area contributed by atoms with Gasteiger partial charge in [-0.15, -0.1) is 0 Å². The lowest BCUT2D eigenvalue weighted by Gasteiger charge is -2.34. The van der Waals surface area contributed by atoms with E-state index in [1.807, 2.05) is 0 Å². The Hall–Kier alpha value is -1.68. The second-order valence-electron chi connectivity index (χ2n) is 17.9. The van der Waals surface area contributed by atoms with Crippen LogP contribution in [0.25, 0.3) is 0 Å². The smallest absolute Gasteiger partial charge is 0.0761 e. The van der Waals surface area contributed by atoms with Crippen molar-refractivity contribution in [1.82, 2.24) is 0 Å². The van der Waals surface area contributed by atoms with Gasteiger partial charge in [-0.3, -0.25) is 0 Å². The number of hydrogen-bond donors (Lipinski definition) is 0. The van der Waals surface area contributed by atoms with Crippen LogP contribution in [0.5, 0.6) is 0 Å². The summed E-state index contributed by atoms with van der Waals surface area (Å²) in [5.41, 5.74) is 10.1. The number of hydrogen-bond acceptors (Lipinski definition) is 3. The predicted molar refractivity (Wildman–Crippen MR) is 205 cm³/mol. The molecule has 0 bridgehead atoms. The molecule has 1 saturated heterocycles. The Morgan fingerprint density at radius 3 is 1.50 bits per heavy atom. The Kier molecular flexibility index (Phi) is 13.5. The van der Waals surface area contributed by atoms with Gasteiger partial charge in [-0.25, -0.2) is 0 Å². The van der Waals surface area contributed by atoms with Crippen molar-refractivity contribution in [2.45, 2.75) is 159 Å². The van der Waals surface area contributed by atoms with E-state index in [0.717, 1.165) is 63.3 Å². The third-order valence-electron chi connectivity index (χ3n) is 13.8. The molecule has 3 heterocycles. The lowest BCUT2D eigenvalue weighted by molar-refractivity contribution is 0.0112. The van der Waals surface area contributed by atoms with E-state index in [2.05, 4.69) is 113 Å². The SMILES string of the molecule is C=C1CCOC(CC2CC=C(C)C2(C)C)C1.CC1=CC(CC2CC=C(C)C2(C)C)OCC1.CC1=CCOC(CC2CC=C(C)C2(C)C)C1. The van der Waals surface area contributed by atoms with Gasteiger partial charge in [-0.1, -0.05) is 112 Å². The Balaban J connectivity index is 0.000000163. The molecule has 6 rings (SSSR count). The van der Waals surface area contributed by atoms with Crippen molar-refractivity contribution in [1.29, 1.82) is 0 Å². The van der Waals surface area contributed by atoms with Gasteiger partial charge in [0.25, 0.3) is 0 Å². The van der Waals surface area contributed by atoms with E-state index in [1.54, 1.807) is 16.7 Å². The van der Waals surface area contributed by atoms with Gasteiger partial charge in [-0.2, -0.15) is 0 Å². The van der Waals surface area contributed by atoms with E-state index in [-0.39, 0.29) is 0 Å². The zero-order chi connectivity index (χ0) is 35.3. The summed E-state index contributed by atoms with van der Waals surface area (Å²) >= 11 is 0. The predicted octanol–water partition coefficient (Wildman–Crippen LogP) is 12.3. The van der Waals surface area contributed by atoms with Crippen molar-refractivity contribution < 1.29 is 14.2 Å². The molecule has 0 aromatic heterocycles. The van der Waals surface area contributed by atoms with Crippen LogP contribution in [0.1, 0.15) is 140 Å². The number of allylic oxidation sites excluding steroid dienone is 6. The highest BCUT2D eigenvalue weighted by atomic mass is 16.5. The third-order valence-corrected chi connectivity index (χ3v) is 13.8. The standard InChI is InChI=1S/3C15H24O/c3*1-11-7-8-16-14(9-11)10-13-6-5-12(2)15(13,3)4/h5,9,13-14H,6-8,10H2,1-4H3;5,7,13-14H,6,8-10H2,1-4H3;5,13-14H,1,6-10H2,2-4H3. The summed E-state index contributed by atoms with van der Waals surface area (Å²) < 4.78 is 17.5. The van der Waals surface area contributed by atoms with Gasteiger partial charge in [0.2, 0.25) is 0 Å². The number of ether oxygens (including phenoxy) is 3. The van der Waals surface area contributed by atoms with Crippen LogP contribution in [0.4, 0.5) is 0 Å². The highest BCUT2D eigenvalue weighted by Gasteiger charge is 2.38. The van der Waals surface area contributed by atoms with Crippen LogP contribution < -0.4 is 0 Å². The zero-order valence-corrected chi connectivity index (χ0v) is 33.0. The maximum atomic E-state index is 5.85. The van der Waals surface area contributed by atoms with E-state index in [4.69, 9.17) is 14.2 Å². The van der Waals surface area contributed by atoms with E-state index in [0.29, 0.717) is 34.6 Å². The fourth-order valence-electron chi connectivity index (χ4n) is 8.62. The first-order chi connectivity index (χ1) is 22.5. The molecule has 270 valence electrons. The van der Waals surface area contributed by atoms with Gasteiger partial charge in [0.05, 0.1) is 38.1 Å². The van der Waals surface area contributed by atoms with Crippen LogP contribution >= 0.6 is 0 Å². The average molecular weight is 661 g/mol. The first-order valence-electron chi connectivity index (χ1n) is 19.4. The molecule has 0 aromatic carbocycles. The molecular formula is C45H72O3. The molecule has 3 aliphatic heterocycles. The second kappa shape index (κ2) is 16.6. The molecule has 0 amide bonds. The summed E-state index contributed by atoms with van der Waals surface area (Å²) in [7, 11) is 0. The minimum atomic E-state index is 0.359. The quantitative estimate of drug-likeness (QED) is 0.265. The van der Waals surface area contributed by atoms with Crippen molar-refractivity contribution >= 4 is 0 Å². The third kappa shape index (κ3) is 9.97. The van der Waals surface area contributed by atoms with Gasteiger partial charge >= 0.3 is 0 Å². The van der Waals surface area contributed by atoms with Crippen LogP contribution in [-0.4, -0.2) is 38.1 Å². The van der Waals surface area contributed by atoms with Crippen molar-refractivity contribution in [3.05, 3.63) is 70.4 Å². The van der Waals surface area contributed by atoms with E-state index >= 15 is 0 Å². The molecule has 6 atom stereocenters. The topological polar surface area (TPSA) is 27.7 Å². The van der Waals surface area contributed by atoms with Crippen LogP contribution in [0.3, 0.4) is 0 Å². The molecular weight excluding hydrogens is 588 g/mol. The Bertz CT molecular complexity index is 1230. The number of rotatable bonds is 6. The summed E-state index contributed by atoms with van der Waals surface area (Å²) in [5, 5.41) is 0. The molecule has 0 N–H and O–H groups in total. The van der Waals surface area contributed by atoms with E-state index in [1.165, 1.54) is 55.2 Å². The van der Waals surface area contributed by atoms with Crippen molar-refractivity contribution in [2.75, 3.05) is 19.8 Å². The van der Waals surface area contributed by atoms with Crippen LogP contribution in [0.2, 0.25) is 0 Å². The molecule has 0 saturated carbocycles. The molecule has 3 heteroatoms. The maximum absolute atomic E-state index is 5.85. The van der Waals surface area contributed by atoms with Gasteiger partial charge in [-0.05, 0) is 133 Å². The normalized spacial score (nSPS) is 33.6. The molecule has 0 spiro atoms. The molecule has 3 nitrogen and oxygen atoms in total. The Morgan fingerprint density at radius 2 is 1.06 bits per heavy atom. The molecule has 3 aliphatic carbocycles. The Labute approximate surface area is 296 Å². The molecule has 1 fully saturated rings. The lowest BCUT2D eigenvalue weighted by Crippen LogP contribution is -2.29. The average Bonchev–Trinajstić information content (AvgIpc) is 3.53. The summed E-state index contributed by atoms with van der Waals surface area (Å²) in [6, 6.07) is 0. The van der Waals surface area contributed by atoms with Gasteiger partial charge in [0.15, 0.2) is 0 Å². The molecule has 48 heavy (non-hydrogen) atoms. The van der Waals surface area contributed by atoms with Gasteiger partial charge < -0.3 is 14.2 Å². The molecule has 0 aromatic rings. The Morgan fingerprint density at radius 1 is 0.583 bits per heavy atom. The fraction of sp³-hybridized carbons (Fsp3) is 0.733. The summed E-state index contributed by atoms with van der Waals surface area (Å²) in [4.78, 5) is 0. The lowest BCUT2D eigenvalue weighted by atomic mass is 9.74. The van der Waals surface area contributed by atoms with Crippen LogP contribution in [-0.2, 0) is 14.2 Å². The van der Waals surface area contributed by atoms with Crippen molar-refractivity contribution in [3.8, 4) is 0 Å². The molecule has 6 unspecified atom stereocenters. The summed E-state index contributed by atoms with van der Waals surface area (Å²) in [6.45, 7) is 32.2. The van der Waals surface area contributed by atoms with Crippen LogP contribution in [0, 0.1) is 34.0 Å². The summed E-state index contributed by atoms with van der Waals surface area (Å²) in [6.07, 6.45) is 24.6. The zero-order valence-electron chi connectivity index (χ0n) is 33.0. The monoisotopic (exact) mass is 661 g/mol. The van der Waals surface area contributed by atoms with Crippen molar-refractivity contribution in [2.24, 2.45) is 34.0 Å². The van der Waals surface area contributed by atoms with Gasteiger partial charge in [0, 0.05) is 0 Å². The fourth-order valence-corrected chi connectivity index (χ4v) is 8.62. The maximum Gasteiger partial charge on any atom is 0.0761 e. The first kappa shape index (κ1) is 39.1. The molecule has 0 radical (unpaired) electrons.